The molecule has 2 saturated heterocycles. The smallest absolute Gasteiger partial charge is 0.227 e. The molecule has 132 valence electrons. The van der Waals surface area contributed by atoms with Gasteiger partial charge >= 0.3 is 0 Å². The Morgan fingerprint density at radius 3 is 2.71 bits per heavy atom. The van der Waals surface area contributed by atoms with Gasteiger partial charge in [-0.05, 0) is 26.3 Å². The van der Waals surface area contributed by atoms with Crippen LogP contribution < -0.4 is 4.90 Å². The summed E-state index contributed by atoms with van der Waals surface area (Å²) in [6.07, 6.45) is 3.71. The number of rotatable bonds is 3. The van der Waals surface area contributed by atoms with Crippen LogP contribution in [0.3, 0.4) is 0 Å². The molecule has 3 rings (SSSR count). The van der Waals surface area contributed by atoms with Gasteiger partial charge in [0.05, 0.1) is 11.6 Å². The number of carbonyl (C=O) groups excluding carboxylic acids is 1. The minimum absolute atomic E-state index is 0.0680. The zero-order valence-corrected chi connectivity index (χ0v) is 14.5. The summed E-state index contributed by atoms with van der Waals surface area (Å²) < 4.78 is 14.5. The summed E-state index contributed by atoms with van der Waals surface area (Å²) in [5, 5.41) is 0. The summed E-state index contributed by atoms with van der Waals surface area (Å²) >= 11 is 0. The normalized spacial score (nSPS) is 22.7. The topological polar surface area (TPSA) is 52.6 Å². The van der Waals surface area contributed by atoms with Gasteiger partial charge < -0.3 is 14.7 Å². The fraction of sp³-hybridized carbons (Fsp3) is 0.706. The monoisotopic (exact) mass is 335 g/mol. The van der Waals surface area contributed by atoms with E-state index in [1.807, 2.05) is 16.7 Å². The fourth-order valence-corrected chi connectivity index (χ4v) is 3.52. The Bertz CT molecular complexity index is 588. The van der Waals surface area contributed by atoms with Crippen LogP contribution in [-0.4, -0.2) is 72.0 Å². The molecule has 24 heavy (non-hydrogen) atoms. The molecule has 0 N–H and O–H groups in total. The van der Waals surface area contributed by atoms with E-state index < -0.39 is 0 Å². The molecule has 2 aliphatic rings. The summed E-state index contributed by atoms with van der Waals surface area (Å²) in [5.74, 6) is 0.144. The van der Waals surface area contributed by atoms with Gasteiger partial charge in [0.25, 0.3) is 0 Å². The van der Waals surface area contributed by atoms with Gasteiger partial charge in [0.1, 0.15) is 6.33 Å². The van der Waals surface area contributed by atoms with Crippen LogP contribution in [0.25, 0.3) is 0 Å². The minimum Gasteiger partial charge on any atom is -0.353 e. The number of aryl methyl sites for hydroxylation is 1. The molecule has 1 unspecified atom stereocenters. The molecule has 0 bridgehead atoms. The van der Waals surface area contributed by atoms with Crippen LogP contribution in [0.4, 0.5) is 10.2 Å². The molecule has 1 atom stereocenters. The fourth-order valence-electron chi connectivity index (χ4n) is 3.52. The first-order chi connectivity index (χ1) is 11.6. The van der Waals surface area contributed by atoms with E-state index >= 15 is 0 Å². The molecule has 0 aliphatic carbocycles. The number of piperidine rings is 1. The molecular weight excluding hydrogens is 309 g/mol. The number of hydrogen-bond donors (Lipinski definition) is 0. The number of amides is 1. The highest BCUT2D eigenvalue weighted by molar-refractivity contribution is 5.80. The summed E-state index contributed by atoms with van der Waals surface area (Å²) in [4.78, 5) is 27.0. The molecule has 0 radical (unpaired) electrons. The van der Waals surface area contributed by atoms with Crippen LogP contribution in [0.2, 0.25) is 0 Å². The van der Waals surface area contributed by atoms with Crippen LogP contribution in [0, 0.1) is 11.7 Å². The number of anilines is 1. The Kier molecular flexibility index (Phi) is 5.28. The van der Waals surface area contributed by atoms with Gasteiger partial charge in [-0.15, -0.1) is 0 Å². The second-order valence-electron chi connectivity index (χ2n) is 6.73. The molecule has 1 aromatic rings. The van der Waals surface area contributed by atoms with Crippen LogP contribution in [0.15, 0.2) is 6.33 Å². The van der Waals surface area contributed by atoms with Crippen molar-refractivity contribution in [2.75, 3.05) is 51.2 Å². The number of piperazine rings is 1. The largest absolute Gasteiger partial charge is 0.353 e. The van der Waals surface area contributed by atoms with E-state index in [-0.39, 0.29) is 17.6 Å². The zero-order chi connectivity index (χ0) is 17.1. The molecule has 2 aliphatic heterocycles. The van der Waals surface area contributed by atoms with Crippen molar-refractivity contribution in [2.24, 2.45) is 5.92 Å². The van der Waals surface area contributed by atoms with E-state index in [2.05, 4.69) is 21.9 Å². The van der Waals surface area contributed by atoms with Gasteiger partial charge in [-0.2, -0.15) is 0 Å². The lowest BCUT2D eigenvalue weighted by Crippen LogP contribution is -2.51. The average Bonchev–Trinajstić information content (AvgIpc) is 2.62. The van der Waals surface area contributed by atoms with Crippen molar-refractivity contribution in [1.29, 1.82) is 0 Å². The molecule has 1 aromatic heterocycles. The first kappa shape index (κ1) is 17.1. The van der Waals surface area contributed by atoms with Gasteiger partial charge in [-0.1, -0.05) is 6.92 Å². The Labute approximate surface area is 142 Å². The lowest BCUT2D eigenvalue weighted by Gasteiger charge is -2.38. The van der Waals surface area contributed by atoms with Crippen molar-refractivity contribution in [2.45, 2.75) is 26.2 Å². The first-order valence-electron chi connectivity index (χ1n) is 8.81. The van der Waals surface area contributed by atoms with Gasteiger partial charge in [-0.3, -0.25) is 4.79 Å². The third kappa shape index (κ3) is 3.50. The number of hydrogen-bond acceptors (Lipinski definition) is 5. The van der Waals surface area contributed by atoms with Gasteiger partial charge in [0.15, 0.2) is 11.6 Å². The Morgan fingerprint density at radius 2 is 2.00 bits per heavy atom. The van der Waals surface area contributed by atoms with E-state index in [4.69, 9.17) is 0 Å². The predicted octanol–water partition coefficient (Wildman–Crippen LogP) is 1.17. The highest BCUT2D eigenvalue weighted by Gasteiger charge is 2.32. The first-order valence-corrected chi connectivity index (χ1v) is 8.81. The van der Waals surface area contributed by atoms with E-state index in [0.717, 1.165) is 45.6 Å². The third-order valence-electron chi connectivity index (χ3n) is 5.06. The lowest BCUT2D eigenvalue weighted by atomic mass is 9.96. The summed E-state index contributed by atoms with van der Waals surface area (Å²) in [6, 6.07) is 0. The van der Waals surface area contributed by atoms with Crippen molar-refractivity contribution in [1.82, 2.24) is 19.8 Å². The molecule has 0 saturated carbocycles. The maximum absolute atomic E-state index is 14.5. The Morgan fingerprint density at radius 1 is 1.25 bits per heavy atom. The maximum Gasteiger partial charge on any atom is 0.227 e. The van der Waals surface area contributed by atoms with Crippen molar-refractivity contribution in [3.63, 3.8) is 0 Å². The number of aromatic nitrogens is 2. The van der Waals surface area contributed by atoms with Crippen molar-refractivity contribution < 1.29 is 9.18 Å². The molecule has 2 fully saturated rings. The quantitative estimate of drug-likeness (QED) is 0.830. The van der Waals surface area contributed by atoms with Gasteiger partial charge in [-0.25, -0.2) is 14.4 Å². The van der Waals surface area contributed by atoms with Crippen molar-refractivity contribution >= 4 is 11.7 Å². The maximum atomic E-state index is 14.5. The zero-order valence-electron chi connectivity index (χ0n) is 14.5. The average molecular weight is 335 g/mol. The van der Waals surface area contributed by atoms with Gasteiger partial charge in [0, 0.05) is 39.3 Å². The third-order valence-corrected chi connectivity index (χ3v) is 5.06. The van der Waals surface area contributed by atoms with Crippen molar-refractivity contribution in [3.05, 3.63) is 17.8 Å². The van der Waals surface area contributed by atoms with E-state index in [1.165, 1.54) is 6.33 Å². The number of likely N-dealkylation sites (N-methyl/N-ethyl adjacent to an activating group) is 1. The standard InChI is InChI=1S/C17H26FN5O/c1-3-14-15(18)16(20-12-19-14)23-6-4-5-13(11-23)17(24)22-9-7-21(2)8-10-22/h12-13H,3-11H2,1-2H3. The van der Waals surface area contributed by atoms with Crippen LogP contribution in [-0.2, 0) is 11.2 Å². The van der Waals surface area contributed by atoms with E-state index in [1.54, 1.807) is 0 Å². The summed E-state index contributed by atoms with van der Waals surface area (Å²) in [7, 11) is 2.08. The molecular formula is C17H26FN5O. The SMILES string of the molecule is CCc1ncnc(N2CCCC(C(=O)N3CCN(C)CC3)C2)c1F. The molecule has 0 spiro atoms. The second kappa shape index (κ2) is 7.42. The number of halogens is 1. The molecule has 7 heteroatoms. The highest BCUT2D eigenvalue weighted by Crippen LogP contribution is 2.26. The van der Waals surface area contributed by atoms with Crippen LogP contribution in [0.5, 0.6) is 0 Å². The number of nitrogens with zero attached hydrogens (tertiary/aromatic N) is 5. The summed E-state index contributed by atoms with van der Waals surface area (Å²) in [6.45, 7) is 6.57. The van der Waals surface area contributed by atoms with E-state index in [9.17, 15) is 9.18 Å². The van der Waals surface area contributed by atoms with Crippen LogP contribution >= 0.6 is 0 Å². The minimum atomic E-state index is -0.340. The molecule has 0 aromatic carbocycles. The lowest BCUT2D eigenvalue weighted by molar-refractivity contribution is -0.137. The molecule has 3 heterocycles. The summed E-state index contributed by atoms with van der Waals surface area (Å²) in [5.41, 5.74) is 0.438. The molecule has 6 nitrogen and oxygen atoms in total. The Hall–Kier alpha value is -1.76. The van der Waals surface area contributed by atoms with Crippen LogP contribution in [0.1, 0.15) is 25.5 Å². The Balaban J connectivity index is 1.69. The van der Waals surface area contributed by atoms with E-state index in [0.29, 0.717) is 24.5 Å². The van der Waals surface area contributed by atoms with Crippen molar-refractivity contribution in [3.8, 4) is 0 Å². The highest BCUT2D eigenvalue weighted by atomic mass is 19.1. The second-order valence-corrected chi connectivity index (χ2v) is 6.73. The van der Waals surface area contributed by atoms with Gasteiger partial charge in [0.2, 0.25) is 5.91 Å². The molecule has 1 amide bonds. The number of carbonyl (C=O) groups is 1. The predicted molar refractivity (Wildman–Crippen MR) is 90.4 cm³/mol.